The summed E-state index contributed by atoms with van der Waals surface area (Å²) in [5.41, 5.74) is -2.07. The van der Waals surface area contributed by atoms with Crippen LogP contribution >= 0.6 is 0 Å². The molecule has 1 aromatic carbocycles. The smallest absolute Gasteiger partial charge is 0.417 e. The quantitative estimate of drug-likeness (QED) is 0.600. The van der Waals surface area contributed by atoms with Crippen LogP contribution in [0.15, 0.2) is 12.1 Å². The summed E-state index contributed by atoms with van der Waals surface area (Å²) in [6.07, 6.45) is -6.62. The van der Waals surface area contributed by atoms with Gasteiger partial charge in [0.25, 0.3) is 0 Å². The first-order valence-electron chi connectivity index (χ1n) is 7.80. The maximum atomic E-state index is 13.8. The van der Waals surface area contributed by atoms with Gasteiger partial charge in [-0.15, -0.1) is 0 Å². The van der Waals surface area contributed by atoms with Gasteiger partial charge < -0.3 is 14.2 Å². The number of carbonyl (C=O) groups excluding carboxylic acids is 1. The van der Waals surface area contributed by atoms with Crippen molar-refractivity contribution in [2.24, 2.45) is 0 Å². The number of rotatable bonds is 4. The highest BCUT2D eigenvalue weighted by atomic mass is 19.4. The molecule has 1 aromatic rings. The summed E-state index contributed by atoms with van der Waals surface area (Å²) in [6, 6.07) is 2.46. The maximum absolute atomic E-state index is 13.8. The monoisotopic (exact) mass is 364 g/mol. The normalized spacial score (nSPS) is 26.6. The molecular formula is C17H20F4O4. The van der Waals surface area contributed by atoms with Gasteiger partial charge in [-0.2, -0.15) is 13.2 Å². The molecule has 0 aliphatic carbocycles. The molecule has 0 N–H and O–H groups in total. The Labute approximate surface area is 143 Å². The Hall–Kier alpha value is -1.83. The van der Waals surface area contributed by atoms with Gasteiger partial charge >= 0.3 is 12.1 Å². The zero-order valence-corrected chi connectivity index (χ0v) is 14.4. The number of alkyl halides is 3. The molecule has 1 aliphatic heterocycles. The van der Waals surface area contributed by atoms with Crippen LogP contribution in [0.25, 0.3) is 0 Å². The third kappa shape index (κ3) is 3.44. The van der Waals surface area contributed by atoms with Crippen LogP contribution in [-0.4, -0.2) is 37.6 Å². The molecule has 0 aromatic heterocycles. The minimum absolute atomic E-state index is 0.00766. The Morgan fingerprint density at radius 1 is 1.40 bits per heavy atom. The lowest BCUT2D eigenvalue weighted by atomic mass is 9.85. The molecule has 140 valence electrons. The second-order valence-electron chi connectivity index (χ2n) is 6.12. The van der Waals surface area contributed by atoms with Gasteiger partial charge in [0.05, 0.1) is 13.7 Å². The number of carbonyl (C=O) groups is 1. The maximum Gasteiger partial charge on any atom is 0.417 e. The summed E-state index contributed by atoms with van der Waals surface area (Å²) < 4.78 is 69.2. The van der Waals surface area contributed by atoms with E-state index in [1.807, 2.05) is 0 Å². The van der Waals surface area contributed by atoms with E-state index in [1.54, 1.807) is 6.92 Å². The lowest BCUT2D eigenvalue weighted by Crippen LogP contribution is -2.43. The first-order chi connectivity index (χ1) is 11.6. The molecule has 2 rings (SSSR count). The molecule has 8 heteroatoms. The average Bonchev–Trinajstić information content (AvgIpc) is 2.89. The molecule has 1 aliphatic rings. The van der Waals surface area contributed by atoms with Crippen LogP contribution in [0.4, 0.5) is 17.6 Å². The molecule has 0 radical (unpaired) electrons. The lowest BCUT2D eigenvalue weighted by molar-refractivity contribution is -0.264. The summed E-state index contributed by atoms with van der Waals surface area (Å²) in [4.78, 5) is 12.2. The van der Waals surface area contributed by atoms with Gasteiger partial charge in [-0.25, -0.2) is 9.18 Å². The largest absolute Gasteiger partial charge is 0.496 e. The molecule has 0 saturated carbocycles. The van der Waals surface area contributed by atoms with Crippen molar-refractivity contribution in [3.63, 3.8) is 0 Å². The zero-order chi connectivity index (χ0) is 19.0. The molecular weight excluding hydrogens is 344 g/mol. The number of hydrogen-bond acceptors (Lipinski definition) is 4. The number of methoxy groups -OCH3 is 1. The molecule has 1 saturated heterocycles. The van der Waals surface area contributed by atoms with Crippen LogP contribution in [0, 0.1) is 12.7 Å². The van der Waals surface area contributed by atoms with Gasteiger partial charge in [-0.05, 0) is 33.3 Å². The van der Waals surface area contributed by atoms with E-state index in [4.69, 9.17) is 14.2 Å². The predicted molar refractivity (Wildman–Crippen MR) is 81.0 cm³/mol. The molecule has 1 heterocycles. The highest BCUT2D eigenvalue weighted by Gasteiger charge is 2.61. The summed E-state index contributed by atoms with van der Waals surface area (Å²) in [7, 11) is 1.30. The van der Waals surface area contributed by atoms with Crippen molar-refractivity contribution in [3.05, 3.63) is 29.1 Å². The van der Waals surface area contributed by atoms with E-state index in [-0.39, 0.29) is 23.5 Å². The topological polar surface area (TPSA) is 44.8 Å². The molecule has 0 amide bonds. The third-order valence-corrected chi connectivity index (χ3v) is 4.45. The standard InChI is InChI=1S/C17H20F4O4/c1-5-24-15(22)14-11(8-16(3,25-14)17(19,20)21)10-6-7-12(18)9(2)13(10)23-4/h6-7,11,14H,5,8H2,1-4H3/t11-,14-,16+/m0/s1. The fourth-order valence-electron chi connectivity index (χ4n) is 3.08. The molecule has 4 nitrogen and oxygen atoms in total. The van der Waals surface area contributed by atoms with Crippen molar-refractivity contribution in [2.45, 2.75) is 51.0 Å². The van der Waals surface area contributed by atoms with Crippen molar-refractivity contribution in [2.75, 3.05) is 13.7 Å². The highest BCUT2D eigenvalue weighted by molar-refractivity contribution is 5.77. The minimum Gasteiger partial charge on any atom is -0.496 e. The highest BCUT2D eigenvalue weighted by Crippen LogP contribution is 2.51. The number of halogens is 4. The molecule has 0 spiro atoms. The van der Waals surface area contributed by atoms with Crippen LogP contribution in [0.1, 0.15) is 37.3 Å². The second kappa shape index (κ2) is 6.82. The number of benzene rings is 1. The van der Waals surface area contributed by atoms with Crippen molar-refractivity contribution in [1.82, 2.24) is 0 Å². The van der Waals surface area contributed by atoms with E-state index in [9.17, 15) is 22.4 Å². The van der Waals surface area contributed by atoms with E-state index in [2.05, 4.69) is 0 Å². The molecule has 25 heavy (non-hydrogen) atoms. The first kappa shape index (κ1) is 19.5. The molecule has 3 atom stereocenters. The lowest BCUT2D eigenvalue weighted by Gasteiger charge is -2.26. The van der Waals surface area contributed by atoms with Crippen LogP contribution < -0.4 is 4.74 Å². The number of hydrogen-bond donors (Lipinski definition) is 0. The fraction of sp³-hybridized carbons (Fsp3) is 0.588. The van der Waals surface area contributed by atoms with E-state index in [1.165, 1.54) is 20.1 Å². The minimum atomic E-state index is -4.67. The van der Waals surface area contributed by atoms with Gasteiger partial charge in [0, 0.05) is 17.0 Å². The van der Waals surface area contributed by atoms with Gasteiger partial charge in [-0.3, -0.25) is 0 Å². The fourth-order valence-corrected chi connectivity index (χ4v) is 3.08. The van der Waals surface area contributed by atoms with Crippen molar-refractivity contribution in [1.29, 1.82) is 0 Å². The third-order valence-electron chi connectivity index (χ3n) is 4.45. The summed E-state index contributed by atoms with van der Waals surface area (Å²) >= 11 is 0. The zero-order valence-electron chi connectivity index (χ0n) is 14.4. The molecule has 0 bridgehead atoms. The van der Waals surface area contributed by atoms with E-state index in [0.29, 0.717) is 0 Å². The predicted octanol–water partition coefficient (Wildman–Crippen LogP) is 3.90. The van der Waals surface area contributed by atoms with Crippen molar-refractivity contribution < 1.29 is 36.6 Å². The van der Waals surface area contributed by atoms with Crippen molar-refractivity contribution >= 4 is 5.97 Å². The summed E-state index contributed by atoms with van der Waals surface area (Å²) in [6.45, 7) is 3.90. The van der Waals surface area contributed by atoms with Gasteiger partial charge in [0.15, 0.2) is 11.7 Å². The van der Waals surface area contributed by atoms with Crippen LogP contribution in [0.3, 0.4) is 0 Å². The Balaban J connectivity index is 2.53. The second-order valence-corrected chi connectivity index (χ2v) is 6.12. The van der Waals surface area contributed by atoms with Gasteiger partial charge in [0.1, 0.15) is 11.6 Å². The Bertz CT molecular complexity index is 659. The number of ether oxygens (including phenoxy) is 3. The SMILES string of the molecule is CCOC(=O)[C@H]1O[C@@](C)(C(F)(F)F)C[C@H]1c1ccc(F)c(C)c1OC. The van der Waals surface area contributed by atoms with E-state index in [0.717, 1.165) is 13.0 Å². The Morgan fingerprint density at radius 2 is 2.04 bits per heavy atom. The van der Waals surface area contributed by atoms with E-state index < -0.39 is 42.0 Å². The van der Waals surface area contributed by atoms with E-state index >= 15 is 0 Å². The van der Waals surface area contributed by atoms with Crippen LogP contribution in [-0.2, 0) is 14.3 Å². The molecule has 1 fully saturated rings. The number of esters is 1. The van der Waals surface area contributed by atoms with Gasteiger partial charge in [0.2, 0.25) is 0 Å². The summed E-state index contributed by atoms with van der Waals surface area (Å²) in [5, 5.41) is 0. The van der Waals surface area contributed by atoms with Crippen LogP contribution in [0.2, 0.25) is 0 Å². The van der Waals surface area contributed by atoms with Crippen LogP contribution in [0.5, 0.6) is 5.75 Å². The van der Waals surface area contributed by atoms with Gasteiger partial charge in [-0.1, -0.05) is 6.07 Å². The van der Waals surface area contributed by atoms with Crippen molar-refractivity contribution in [3.8, 4) is 5.75 Å². The Kier molecular flexibility index (Phi) is 5.32. The first-order valence-corrected chi connectivity index (χ1v) is 7.80. The Morgan fingerprint density at radius 3 is 2.56 bits per heavy atom. The summed E-state index contributed by atoms with van der Waals surface area (Å²) in [5.74, 6) is -2.30. The molecule has 0 unspecified atom stereocenters. The average molecular weight is 364 g/mol.